The number of rotatable bonds is 5. The van der Waals surface area contributed by atoms with Gasteiger partial charge in [0.1, 0.15) is 5.75 Å². The van der Waals surface area contributed by atoms with E-state index in [0.717, 1.165) is 12.1 Å². The fraction of sp³-hybridized carbons (Fsp3) is 0.250. The summed E-state index contributed by atoms with van der Waals surface area (Å²) in [5, 5.41) is 2.45. The fourth-order valence-corrected chi connectivity index (χ4v) is 1.84. The molecule has 1 amide bonds. The average molecular weight is 378 g/mol. The van der Waals surface area contributed by atoms with Crippen molar-refractivity contribution in [2.75, 3.05) is 6.61 Å². The Labute approximate surface area is 143 Å². The van der Waals surface area contributed by atoms with Gasteiger partial charge in [-0.25, -0.2) is 0 Å². The van der Waals surface area contributed by atoms with Crippen LogP contribution in [0.5, 0.6) is 5.75 Å². The van der Waals surface area contributed by atoms with E-state index in [1.165, 1.54) is 24.3 Å². The molecule has 0 spiro atoms. The molecular formula is C16H12F6N2O2. The molecule has 0 atom stereocenters. The van der Waals surface area contributed by atoms with E-state index in [9.17, 15) is 31.1 Å². The van der Waals surface area contributed by atoms with Crippen molar-refractivity contribution in [1.29, 1.82) is 0 Å². The van der Waals surface area contributed by atoms with Crippen LogP contribution in [0.25, 0.3) is 0 Å². The lowest BCUT2D eigenvalue weighted by atomic mass is 10.2. The van der Waals surface area contributed by atoms with Crippen molar-refractivity contribution in [3.05, 3.63) is 59.4 Å². The van der Waals surface area contributed by atoms with Crippen LogP contribution in [0.4, 0.5) is 26.3 Å². The molecule has 1 aromatic carbocycles. The van der Waals surface area contributed by atoms with Gasteiger partial charge in [0.25, 0.3) is 5.91 Å². The largest absolute Gasteiger partial charge is 0.484 e. The summed E-state index contributed by atoms with van der Waals surface area (Å²) in [6.45, 7) is -1.55. The van der Waals surface area contributed by atoms with Crippen LogP contribution in [0.3, 0.4) is 0 Å². The van der Waals surface area contributed by atoms with Gasteiger partial charge in [0.2, 0.25) is 0 Å². The molecule has 2 rings (SSSR count). The lowest BCUT2D eigenvalue weighted by Gasteiger charge is -2.10. The molecule has 4 nitrogen and oxygen atoms in total. The molecule has 10 heteroatoms. The molecule has 1 heterocycles. The molecule has 0 aliphatic carbocycles. The number of carbonyl (C=O) groups excluding carboxylic acids is 1. The summed E-state index contributed by atoms with van der Waals surface area (Å²) in [5.41, 5.74) is -0.533. The van der Waals surface area contributed by atoms with Gasteiger partial charge in [0.15, 0.2) is 6.61 Å². The number of carbonyl (C=O) groups is 1. The van der Waals surface area contributed by atoms with Crippen LogP contribution in [0.15, 0.2) is 42.6 Å². The number of benzene rings is 1. The van der Waals surface area contributed by atoms with E-state index < -0.39 is 30.4 Å². The summed E-state index contributed by atoms with van der Waals surface area (Å²) in [6, 6.07) is 6.93. The number of nitrogens with one attached hydrogen (secondary N) is 1. The first-order chi connectivity index (χ1) is 12.0. The number of ether oxygens (including phenoxy) is 1. The van der Waals surface area contributed by atoms with Crippen molar-refractivity contribution in [3.8, 4) is 5.75 Å². The standard InChI is InChI=1S/C16H12F6N2O2/c17-15(18,19)9-26-13-5-1-10(2-6-13)14(25)24-8-12-4-3-11(7-23-12)16(20,21)22/h1-7H,8-9H2,(H,24,25). The van der Waals surface area contributed by atoms with Gasteiger partial charge in [0.05, 0.1) is 17.8 Å². The zero-order chi connectivity index (χ0) is 19.4. The highest BCUT2D eigenvalue weighted by molar-refractivity contribution is 5.94. The Hall–Kier alpha value is -2.78. The van der Waals surface area contributed by atoms with E-state index in [4.69, 9.17) is 0 Å². The van der Waals surface area contributed by atoms with Gasteiger partial charge in [-0.3, -0.25) is 9.78 Å². The predicted molar refractivity (Wildman–Crippen MR) is 78.4 cm³/mol. The van der Waals surface area contributed by atoms with E-state index >= 15 is 0 Å². The van der Waals surface area contributed by atoms with E-state index in [-0.39, 0.29) is 23.6 Å². The van der Waals surface area contributed by atoms with E-state index in [2.05, 4.69) is 15.0 Å². The molecule has 26 heavy (non-hydrogen) atoms. The normalized spacial score (nSPS) is 11.9. The van der Waals surface area contributed by atoms with Crippen LogP contribution in [-0.4, -0.2) is 23.7 Å². The monoisotopic (exact) mass is 378 g/mol. The van der Waals surface area contributed by atoms with Crippen molar-refractivity contribution < 1.29 is 35.9 Å². The van der Waals surface area contributed by atoms with Gasteiger partial charge < -0.3 is 10.1 Å². The number of halogens is 6. The average Bonchev–Trinajstić information content (AvgIpc) is 2.57. The third-order valence-electron chi connectivity index (χ3n) is 3.10. The zero-order valence-electron chi connectivity index (χ0n) is 13.0. The maximum atomic E-state index is 12.4. The summed E-state index contributed by atoms with van der Waals surface area (Å²) in [4.78, 5) is 15.5. The van der Waals surface area contributed by atoms with E-state index in [1.54, 1.807) is 0 Å². The molecule has 140 valence electrons. The van der Waals surface area contributed by atoms with Gasteiger partial charge >= 0.3 is 12.4 Å². The summed E-state index contributed by atoms with van der Waals surface area (Å²) < 4.78 is 77.9. The third kappa shape index (κ3) is 5.94. The van der Waals surface area contributed by atoms with Crippen molar-refractivity contribution in [2.45, 2.75) is 18.9 Å². The Kier molecular flexibility index (Phi) is 5.73. The molecule has 0 radical (unpaired) electrons. The molecule has 0 saturated carbocycles. The molecule has 0 bridgehead atoms. The highest BCUT2D eigenvalue weighted by atomic mass is 19.4. The van der Waals surface area contributed by atoms with E-state index in [1.807, 2.05) is 0 Å². The van der Waals surface area contributed by atoms with Crippen molar-refractivity contribution >= 4 is 5.91 Å². The number of aromatic nitrogens is 1. The van der Waals surface area contributed by atoms with Crippen molar-refractivity contribution in [3.63, 3.8) is 0 Å². The number of hydrogen-bond donors (Lipinski definition) is 1. The first kappa shape index (κ1) is 19.5. The summed E-state index contributed by atoms with van der Waals surface area (Å²) in [6.07, 6.45) is -8.30. The Bertz CT molecular complexity index is 739. The highest BCUT2D eigenvalue weighted by Crippen LogP contribution is 2.28. The molecule has 0 aliphatic rings. The van der Waals surface area contributed by atoms with Crippen LogP contribution in [0.2, 0.25) is 0 Å². The van der Waals surface area contributed by atoms with Gasteiger partial charge in [-0.05, 0) is 36.4 Å². The van der Waals surface area contributed by atoms with Crippen LogP contribution in [0, 0.1) is 0 Å². The van der Waals surface area contributed by atoms with Gasteiger partial charge in [-0.1, -0.05) is 0 Å². The highest BCUT2D eigenvalue weighted by Gasteiger charge is 2.30. The topological polar surface area (TPSA) is 51.2 Å². The minimum atomic E-state index is -4.50. The molecule has 0 fully saturated rings. The van der Waals surface area contributed by atoms with Crippen LogP contribution in [-0.2, 0) is 12.7 Å². The smallest absolute Gasteiger partial charge is 0.422 e. The molecule has 1 N–H and O–H groups in total. The number of hydrogen-bond acceptors (Lipinski definition) is 3. The summed E-state index contributed by atoms with van der Waals surface area (Å²) in [5.74, 6) is -0.614. The Balaban J connectivity index is 1.89. The Morgan fingerprint density at radius 3 is 2.15 bits per heavy atom. The fourth-order valence-electron chi connectivity index (χ4n) is 1.84. The molecule has 0 saturated heterocycles. The summed E-state index contributed by atoms with van der Waals surface area (Å²) >= 11 is 0. The molecule has 0 aliphatic heterocycles. The second-order valence-corrected chi connectivity index (χ2v) is 5.15. The molecule has 2 aromatic rings. The number of pyridine rings is 1. The second kappa shape index (κ2) is 7.63. The van der Waals surface area contributed by atoms with Gasteiger partial charge in [0, 0.05) is 11.8 Å². The van der Waals surface area contributed by atoms with Crippen LogP contribution in [0.1, 0.15) is 21.6 Å². The zero-order valence-corrected chi connectivity index (χ0v) is 13.0. The van der Waals surface area contributed by atoms with Crippen molar-refractivity contribution in [2.24, 2.45) is 0 Å². The van der Waals surface area contributed by atoms with Crippen LogP contribution >= 0.6 is 0 Å². The quantitative estimate of drug-likeness (QED) is 0.801. The number of alkyl halides is 6. The lowest BCUT2D eigenvalue weighted by molar-refractivity contribution is -0.153. The van der Waals surface area contributed by atoms with Crippen LogP contribution < -0.4 is 10.1 Å². The lowest BCUT2D eigenvalue weighted by Crippen LogP contribution is -2.23. The maximum Gasteiger partial charge on any atom is 0.422 e. The minimum Gasteiger partial charge on any atom is -0.484 e. The number of nitrogens with zero attached hydrogens (tertiary/aromatic N) is 1. The molecular weight excluding hydrogens is 366 g/mol. The first-order valence-electron chi connectivity index (χ1n) is 7.14. The second-order valence-electron chi connectivity index (χ2n) is 5.15. The van der Waals surface area contributed by atoms with Gasteiger partial charge in [-0.2, -0.15) is 26.3 Å². The Morgan fingerprint density at radius 1 is 1.00 bits per heavy atom. The molecule has 0 unspecified atom stereocenters. The van der Waals surface area contributed by atoms with Crippen molar-refractivity contribution in [1.82, 2.24) is 10.3 Å². The molecule has 1 aromatic heterocycles. The van der Waals surface area contributed by atoms with E-state index in [0.29, 0.717) is 6.20 Å². The third-order valence-corrected chi connectivity index (χ3v) is 3.10. The number of amides is 1. The Morgan fingerprint density at radius 2 is 1.65 bits per heavy atom. The predicted octanol–water partition coefficient (Wildman–Crippen LogP) is 3.97. The SMILES string of the molecule is O=C(NCc1ccc(C(F)(F)F)cn1)c1ccc(OCC(F)(F)F)cc1. The first-order valence-corrected chi connectivity index (χ1v) is 7.14. The van der Waals surface area contributed by atoms with Gasteiger partial charge in [-0.15, -0.1) is 0 Å². The summed E-state index contributed by atoms with van der Waals surface area (Å²) in [7, 11) is 0. The maximum absolute atomic E-state index is 12.4. The minimum absolute atomic E-state index is 0.0525.